The van der Waals surface area contributed by atoms with E-state index in [4.69, 9.17) is 0 Å². The Balaban J connectivity index is 1.57. The van der Waals surface area contributed by atoms with Crippen LogP contribution in [0.1, 0.15) is 22.6 Å². The molecule has 0 saturated carbocycles. The fourth-order valence-corrected chi connectivity index (χ4v) is 4.10. The van der Waals surface area contributed by atoms with E-state index in [1.807, 2.05) is 108 Å². The normalized spacial score (nSPS) is 16.5. The third kappa shape index (κ3) is 4.89. The number of hydrogen-bond donors (Lipinski definition) is 1. The topological polar surface area (TPSA) is 60.9 Å². The predicted octanol–water partition coefficient (Wildman–Crippen LogP) is 4.09. The van der Waals surface area contributed by atoms with E-state index in [9.17, 15) is 14.7 Å². The molecule has 0 aromatic heterocycles. The van der Waals surface area contributed by atoms with Gasteiger partial charge in [-0.1, -0.05) is 91.0 Å². The molecule has 1 amide bonds. The summed E-state index contributed by atoms with van der Waals surface area (Å²) in [5, 5.41) is 9.94. The Morgan fingerprint density at radius 2 is 1.34 bits per heavy atom. The second-order valence-electron chi connectivity index (χ2n) is 7.86. The van der Waals surface area contributed by atoms with Crippen LogP contribution < -0.4 is 0 Å². The first-order valence-corrected chi connectivity index (χ1v) is 10.7. The Bertz CT molecular complexity index is 1030. The molecule has 5 heteroatoms. The number of rotatable bonds is 6. The molecule has 1 fully saturated rings. The molecule has 1 aliphatic rings. The van der Waals surface area contributed by atoms with Gasteiger partial charge in [0.05, 0.1) is 5.92 Å². The number of carboxylic acids is 1. The van der Waals surface area contributed by atoms with Crippen LogP contribution in [0.4, 0.5) is 0 Å². The number of carboxylic acid groups (broad SMARTS) is 1. The highest BCUT2D eigenvalue weighted by atomic mass is 16.4. The lowest BCUT2D eigenvalue weighted by Crippen LogP contribution is -2.58. The fourth-order valence-electron chi connectivity index (χ4n) is 4.10. The summed E-state index contributed by atoms with van der Waals surface area (Å²) in [4.78, 5) is 29.4. The molecule has 1 saturated heterocycles. The molecule has 0 spiro atoms. The second kappa shape index (κ2) is 9.96. The molecule has 0 bridgehead atoms. The van der Waals surface area contributed by atoms with E-state index in [0.29, 0.717) is 13.1 Å². The lowest BCUT2D eigenvalue weighted by Gasteiger charge is -2.40. The maximum Gasteiger partial charge on any atom is 0.328 e. The van der Waals surface area contributed by atoms with Crippen molar-refractivity contribution >= 4 is 18.0 Å². The molecule has 1 heterocycles. The number of carbonyl (C=O) groups excluding carboxylic acids is 1. The molecule has 0 radical (unpaired) electrons. The first-order valence-electron chi connectivity index (χ1n) is 10.7. The summed E-state index contributed by atoms with van der Waals surface area (Å²) in [7, 11) is 0. The van der Waals surface area contributed by atoms with E-state index < -0.39 is 17.9 Å². The van der Waals surface area contributed by atoms with Crippen molar-refractivity contribution in [3.63, 3.8) is 0 Å². The second-order valence-corrected chi connectivity index (χ2v) is 7.86. The van der Waals surface area contributed by atoms with Crippen LogP contribution in [0.2, 0.25) is 0 Å². The number of hydrogen-bond acceptors (Lipinski definition) is 3. The Kier molecular flexibility index (Phi) is 6.66. The van der Waals surface area contributed by atoms with Crippen LogP contribution in [-0.2, 0) is 9.59 Å². The van der Waals surface area contributed by atoms with Gasteiger partial charge in [-0.15, -0.1) is 0 Å². The van der Waals surface area contributed by atoms with Crippen LogP contribution in [0.3, 0.4) is 0 Å². The Morgan fingerprint density at radius 1 is 0.812 bits per heavy atom. The van der Waals surface area contributed by atoms with Crippen molar-refractivity contribution in [2.45, 2.75) is 12.0 Å². The number of aliphatic carboxylic acids is 1. The summed E-state index contributed by atoms with van der Waals surface area (Å²) >= 11 is 0. The summed E-state index contributed by atoms with van der Waals surface area (Å²) in [5.41, 5.74) is 2.77. The highest BCUT2D eigenvalue weighted by molar-refractivity contribution is 5.91. The molecule has 3 aromatic carbocycles. The third-order valence-corrected chi connectivity index (χ3v) is 5.77. The monoisotopic (exact) mass is 426 g/mol. The predicted molar refractivity (Wildman–Crippen MR) is 125 cm³/mol. The zero-order chi connectivity index (χ0) is 22.3. The van der Waals surface area contributed by atoms with Gasteiger partial charge in [-0.25, -0.2) is 4.79 Å². The maximum absolute atomic E-state index is 13.7. The molecule has 1 aliphatic heterocycles. The van der Waals surface area contributed by atoms with Gasteiger partial charge < -0.3 is 14.9 Å². The van der Waals surface area contributed by atoms with Gasteiger partial charge in [-0.3, -0.25) is 4.79 Å². The van der Waals surface area contributed by atoms with Crippen LogP contribution in [0, 0.1) is 0 Å². The van der Waals surface area contributed by atoms with Gasteiger partial charge in [0.25, 0.3) is 0 Å². The molecule has 1 N–H and O–H groups in total. The first kappa shape index (κ1) is 21.4. The van der Waals surface area contributed by atoms with E-state index in [1.165, 1.54) is 4.90 Å². The Labute approximate surface area is 188 Å². The highest BCUT2D eigenvalue weighted by Gasteiger charge is 2.38. The summed E-state index contributed by atoms with van der Waals surface area (Å²) < 4.78 is 0. The largest absolute Gasteiger partial charge is 0.480 e. The molecular weight excluding hydrogens is 400 g/mol. The Morgan fingerprint density at radius 3 is 1.88 bits per heavy atom. The van der Waals surface area contributed by atoms with Crippen LogP contribution in [-0.4, -0.2) is 52.5 Å². The summed E-state index contributed by atoms with van der Waals surface area (Å²) in [6, 6.07) is 28.1. The Hall–Kier alpha value is -3.86. The molecule has 32 heavy (non-hydrogen) atoms. The van der Waals surface area contributed by atoms with Crippen LogP contribution in [0.5, 0.6) is 0 Å². The lowest BCUT2D eigenvalue weighted by molar-refractivity contribution is -0.153. The smallest absolute Gasteiger partial charge is 0.328 e. The van der Waals surface area contributed by atoms with E-state index in [2.05, 4.69) is 0 Å². The number of amides is 1. The van der Waals surface area contributed by atoms with Crippen molar-refractivity contribution in [2.75, 3.05) is 19.6 Å². The van der Waals surface area contributed by atoms with Gasteiger partial charge >= 0.3 is 5.97 Å². The number of benzene rings is 3. The molecule has 5 nitrogen and oxygen atoms in total. The van der Waals surface area contributed by atoms with Crippen molar-refractivity contribution in [3.8, 4) is 0 Å². The van der Waals surface area contributed by atoms with Crippen LogP contribution in [0.25, 0.3) is 6.08 Å². The van der Waals surface area contributed by atoms with E-state index in [-0.39, 0.29) is 12.5 Å². The first-order chi connectivity index (χ1) is 15.6. The minimum Gasteiger partial charge on any atom is -0.480 e. The van der Waals surface area contributed by atoms with Gasteiger partial charge in [-0.2, -0.15) is 0 Å². The molecule has 162 valence electrons. The molecule has 0 aliphatic carbocycles. The summed E-state index contributed by atoms with van der Waals surface area (Å²) in [6.45, 7) is 1.18. The lowest BCUT2D eigenvalue weighted by atomic mass is 9.89. The molecule has 3 aromatic rings. The maximum atomic E-state index is 13.7. The van der Waals surface area contributed by atoms with Crippen LogP contribution in [0.15, 0.2) is 97.2 Å². The average Bonchev–Trinajstić information content (AvgIpc) is 2.84. The standard InChI is InChI=1S/C27H26N2O3/c30-26(25(22-12-6-2-7-13-22)23-14-8-3-9-15-23)29-19-18-28(20-24(29)27(31)32)17-16-21-10-4-1-5-11-21/h1-17,24-25H,18-20H2,(H,31,32)/b17-16+/t24-/m0/s1. The number of piperazine rings is 1. The van der Waals surface area contributed by atoms with Crippen molar-refractivity contribution in [1.82, 2.24) is 9.80 Å². The van der Waals surface area contributed by atoms with Gasteiger partial charge in [0.1, 0.15) is 6.04 Å². The summed E-state index contributed by atoms with van der Waals surface area (Å²) in [6.07, 6.45) is 3.88. The van der Waals surface area contributed by atoms with E-state index in [1.54, 1.807) is 0 Å². The van der Waals surface area contributed by atoms with Crippen molar-refractivity contribution in [3.05, 3.63) is 114 Å². The minimum absolute atomic E-state index is 0.179. The van der Waals surface area contributed by atoms with Gasteiger partial charge in [0, 0.05) is 19.6 Å². The minimum atomic E-state index is -0.990. The zero-order valence-corrected chi connectivity index (χ0v) is 17.7. The SMILES string of the molecule is O=C(O)[C@@H]1CN(/C=C/c2ccccc2)CCN1C(=O)C(c1ccccc1)c1ccccc1. The quantitative estimate of drug-likeness (QED) is 0.645. The summed E-state index contributed by atoms with van der Waals surface area (Å²) in [5.74, 6) is -1.71. The zero-order valence-electron chi connectivity index (χ0n) is 17.7. The van der Waals surface area contributed by atoms with Gasteiger partial charge in [0.2, 0.25) is 5.91 Å². The van der Waals surface area contributed by atoms with Gasteiger partial charge in [0.15, 0.2) is 0 Å². The molecule has 1 atom stereocenters. The molecule has 4 rings (SSSR count). The molecule has 0 unspecified atom stereocenters. The van der Waals surface area contributed by atoms with Crippen molar-refractivity contribution in [2.24, 2.45) is 0 Å². The van der Waals surface area contributed by atoms with E-state index >= 15 is 0 Å². The van der Waals surface area contributed by atoms with E-state index in [0.717, 1.165) is 16.7 Å². The fraction of sp³-hybridized carbons (Fsp3) is 0.185. The molecular formula is C27H26N2O3. The average molecular weight is 427 g/mol. The third-order valence-electron chi connectivity index (χ3n) is 5.77. The number of nitrogens with zero attached hydrogens (tertiary/aromatic N) is 2. The number of carbonyl (C=O) groups is 2. The van der Waals surface area contributed by atoms with Crippen LogP contribution >= 0.6 is 0 Å². The van der Waals surface area contributed by atoms with Crippen molar-refractivity contribution < 1.29 is 14.7 Å². The van der Waals surface area contributed by atoms with Gasteiger partial charge in [-0.05, 0) is 29.0 Å². The highest BCUT2D eigenvalue weighted by Crippen LogP contribution is 2.28. The van der Waals surface area contributed by atoms with Crippen molar-refractivity contribution in [1.29, 1.82) is 0 Å².